The van der Waals surface area contributed by atoms with Gasteiger partial charge in [-0.15, -0.1) is 0 Å². The van der Waals surface area contributed by atoms with Gasteiger partial charge in [0.2, 0.25) is 0 Å². The molecule has 0 bridgehead atoms. The van der Waals surface area contributed by atoms with Crippen LogP contribution >= 0.6 is 15.9 Å². The number of allylic oxidation sites excluding steroid dienone is 4. The van der Waals surface area contributed by atoms with E-state index in [1.165, 1.54) is 23.7 Å². The molecule has 0 spiro atoms. The van der Waals surface area contributed by atoms with Crippen LogP contribution in [0.5, 0.6) is 0 Å². The highest BCUT2D eigenvalue weighted by Crippen LogP contribution is 2.56. The average molecular weight is 213 g/mol. The van der Waals surface area contributed by atoms with E-state index in [2.05, 4.69) is 41.1 Å². The van der Waals surface area contributed by atoms with E-state index in [0.29, 0.717) is 5.41 Å². The molecule has 2 rings (SSSR count). The van der Waals surface area contributed by atoms with Gasteiger partial charge in [0.25, 0.3) is 0 Å². The molecule has 2 aliphatic carbocycles. The third kappa shape index (κ3) is 1.31. The first-order valence-electron chi connectivity index (χ1n) is 4.25. The van der Waals surface area contributed by atoms with Gasteiger partial charge in [-0.2, -0.15) is 0 Å². The maximum Gasteiger partial charge on any atom is -0.000708 e. The molecule has 11 heavy (non-hydrogen) atoms. The van der Waals surface area contributed by atoms with E-state index < -0.39 is 0 Å². The van der Waals surface area contributed by atoms with Crippen molar-refractivity contribution in [1.29, 1.82) is 0 Å². The minimum atomic E-state index is 0.625. The Balaban J connectivity index is 2.16. The fourth-order valence-electron chi connectivity index (χ4n) is 1.77. The molecule has 1 unspecified atom stereocenters. The van der Waals surface area contributed by atoms with E-state index >= 15 is 0 Å². The summed E-state index contributed by atoms with van der Waals surface area (Å²) in [6, 6.07) is 0. The normalized spacial score (nSPS) is 33.3. The number of rotatable bonds is 1. The van der Waals surface area contributed by atoms with Crippen molar-refractivity contribution in [2.75, 3.05) is 0 Å². The molecular formula is C10H13Br. The second-order valence-corrected chi connectivity index (χ2v) is 4.84. The lowest BCUT2D eigenvalue weighted by Crippen LogP contribution is -2.13. The highest BCUT2D eigenvalue weighted by atomic mass is 79.9. The monoisotopic (exact) mass is 212 g/mol. The number of hydrogen-bond donors (Lipinski definition) is 0. The first-order valence-corrected chi connectivity index (χ1v) is 5.04. The lowest BCUT2D eigenvalue weighted by atomic mass is 9.86. The van der Waals surface area contributed by atoms with Gasteiger partial charge in [-0.1, -0.05) is 41.1 Å². The van der Waals surface area contributed by atoms with Gasteiger partial charge >= 0.3 is 0 Å². The zero-order valence-electron chi connectivity index (χ0n) is 6.81. The summed E-state index contributed by atoms with van der Waals surface area (Å²) in [6.07, 6.45) is 10.7. The number of halogens is 1. The fraction of sp³-hybridized carbons (Fsp3) is 0.600. The van der Waals surface area contributed by atoms with Crippen molar-refractivity contribution < 1.29 is 0 Å². The van der Waals surface area contributed by atoms with Gasteiger partial charge in [0, 0.05) is 0 Å². The molecule has 0 saturated heterocycles. The molecule has 1 atom stereocenters. The molecule has 0 radical (unpaired) electrons. The summed E-state index contributed by atoms with van der Waals surface area (Å²) in [5.41, 5.74) is 0.625. The first kappa shape index (κ1) is 7.60. The van der Waals surface area contributed by atoms with Crippen molar-refractivity contribution in [3.05, 3.63) is 22.7 Å². The third-order valence-corrected chi connectivity index (χ3v) is 3.79. The molecule has 0 heterocycles. The fourth-order valence-corrected chi connectivity index (χ4v) is 2.66. The molecule has 1 fully saturated rings. The molecule has 0 aromatic carbocycles. The Bertz CT molecular complexity index is 221. The minimum Gasteiger partial charge on any atom is -0.0839 e. The predicted molar refractivity (Wildman–Crippen MR) is 51.6 cm³/mol. The third-order valence-electron chi connectivity index (χ3n) is 2.98. The van der Waals surface area contributed by atoms with Gasteiger partial charge in [0.1, 0.15) is 0 Å². The second-order valence-electron chi connectivity index (χ2n) is 3.92. The Morgan fingerprint density at radius 2 is 2.27 bits per heavy atom. The summed E-state index contributed by atoms with van der Waals surface area (Å²) in [6.45, 7) is 2.39. The highest BCUT2D eigenvalue weighted by Gasteiger charge is 2.45. The van der Waals surface area contributed by atoms with Crippen molar-refractivity contribution in [3.8, 4) is 0 Å². The van der Waals surface area contributed by atoms with Crippen molar-refractivity contribution >= 4 is 15.9 Å². The van der Waals surface area contributed by atoms with Crippen molar-refractivity contribution in [2.24, 2.45) is 11.3 Å². The minimum absolute atomic E-state index is 0.625. The van der Waals surface area contributed by atoms with Crippen LogP contribution in [0, 0.1) is 11.3 Å². The van der Waals surface area contributed by atoms with Crippen LogP contribution in [0.15, 0.2) is 22.7 Å². The largest absolute Gasteiger partial charge is 0.0839 e. The molecule has 60 valence electrons. The maximum atomic E-state index is 3.64. The van der Waals surface area contributed by atoms with Crippen LogP contribution in [-0.4, -0.2) is 0 Å². The lowest BCUT2D eigenvalue weighted by molar-refractivity contribution is 0.403. The van der Waals surface area contributed by atoms with Gasteiger partial charge in [-0.25, -0.2) is 0 Å². The highest BCUT2D eigenvalue weighted by molar-refractivity contribution is 9.11. The molecule has 0 aliphatic heterocycles. The van der Waals surface area contributed by atoms with E-state index in [1.54, 1.807) is 0 Å². The molecule has 0 aromatic rings. The predicted octanol–water partition coefficient (Wildman–Crippen LogP) is 3.64. The van der Waals surface area contributed by atoms with Crippen LogP contribution in [0.2, 0.25) is 0 Å². The van der Waals surface area contributed by atoms with E-state index in [9.17, 15) is 0 Å². The van der Waals surface area contributed by atoms with Crippen LogP contribution in [0.1, 0.15) is 26.2 Å². The Morgan fingerprint density at radius 1 is 1.55 bits per heavy atom. The standard InChI is InChI=1S/C10H13Br/c1-10(6-7-10)8-4-2-3-5-9(8)11/h2-3,5,8H,4,6-7H2,1H3. The molecule has 1 heteroatoms. The quantitative estimate of drug-likeness (QED) is 0.623. The lowest BCUT2D eigenvalue weighted by Gasteiger charge is -2.23. The molecule has 0 N–H and O–H groups in total. The number of hydrogen-bond acceptors (Lipinski definition) is 0. The summed E-state index contributed by atoms with van der Waals surface area (Å²) >= 11 is 3.64. The Labute approximate surface area is 76.5 Å². The molecule has 2 aliphatic rings. The van der Waals surface area contributed by atoms with Gasteiger partial charge in [-0.05, 0) is 35.1 Å². The zero-order valence-corrected chi connectivity index (χ0v) is 8.39. The van der Waals surface area contributed by atoms with Gasteiger partial charge < -0.3 is 0 Å². The smallest absolute Gasteiger partial charge is 0.000708 e. The van der Waals surface area contributed by atoms with Crippen LogP contribution in [0.3, 0.4) is 0 Å². The van der Waals surface area contributed by atoms with Crippen LogP contribution in [0.4, 0.5) is 0 Å². The average Bonchev–Trinajstić information content (AvgIpc) is 2.70. The molecule has 0 nitrogen and oxygen atoms in total. The van der Waals surface area contributed by atoms with Crippen LogP contribution in [0.25, 0.3) is 0 Å². The van der Waals surface area contributed by atoms with Crippen LogP contribution < -0.4 is 0 Å². The SMILES string of the molecule is CC1(C2CC=CC=C2Br)CC1. The van der Waals surface area contributed by atoms with Gasteiger partial charge in [0.15, 0.2) is 0 Å². The van der Waals surface area contributed by atoms with Crippen LogP contribution in [-0.2, 0) is 0 Å². The summed E-state index contributed by atoms with van der Waals surface area (Å²) in [4.78, 5) is 0. The Kier molecular flexibility index (Phi) is 1.71. The second kappa shape index (κ2) is 2.48. The molecular weight excluding hydrogens is 200 g/mol. The van der Waals surface area contributed by atoms with E-state index in [4.69, 9.17) is 0 Å². The maximum absolute atomic E-state index is 3.64. The van der Waals surface area contributed by atoms with E-state index in [0.717, 1.165) is 5.92 Å². The molecule has 1 saturated carbocycles. The van der Waals surface area contributed by atoms with Crippen molar-refractivity contribution in [3.63, 3.8) is 0 Å². The van der Waals surface area contributed by atoms with Gasteiger partial charge in [-0.3, -0.25) is 0 Å². The first-order chi connectivity index (χ1) is 5.22. The van der Waals surface area contributed by atoms with E-state index in [-0.39, 0.29) is 0 Å². The topological polar surface area (TPSA) is 0 Å². The summed E-state index contributed by atoms with van der Waals surface area (Å²) in [7, 11) is 0. The Morgan fingerprint density at radius 3 is 2.82 bits per heavy atom. The van der Waals surface area contributed by atoms with Crippen molar-refractivity contribution in [1.82, 2.24) is 0 Å². The molecule has 0 aromatic heterocycles. The Hall–Kier alpha value is -0.0400. The zero-order chi connectivity index (χ0) is 7.90. The van der Waals surface area contributed by atoms with Gasteiger partial charge in [0.05, 0.1) is 0 Å². The van der Waals surface area contributed by atoms with E-state index in [1.807, 2.05) is 0 Å². The summed E-state index contributed by atoms with van der Waals surface area (Å²) in [5.74, 6) is 0.771. The van der Waals surface area contributed by atoms with Crippen molar-refractivity contribution in [2.45, 2.75) is 26.2 Å². The summed E-state index contributed by atoms with van der Waals surface area (Å²) in [5, 5.41) is 0. The summed E-state index contributed by atoms with van der Waals surface area (Å²) < 4.78 is 1.40. The molecule has 0 amide bonds.